The number of hydrogen-bond acceptors (Lipinski definition) is 3. The van der Waals surface area contributed by atoms with Crippen LogP contribution < -0.4 is 5.32 Å². The highest BCUT2D eigenvalue weighted by Crippen LogP contribution is 2.46. The van der Waals surface area contributed by atoms with Gasteiger partial charge in [-0.1, -0.05) is 30.7 Å². The number of rotatable bonds is 0. The third-order valence-electron chi connectivity index (χ3n) is 5.03. The molecule has 1 heterocycles. The Morgan fingerprint density at radius 3 is 2.90 bits per heavy atom. The smallest absolute Gasteiger partial charge is 0.192 e. The van der Waals surface area contributed by atoms with Crippen molar-refractivity contribution in [2.75, 3.05) is 6.54 Å². The van der Waals surface area contributed by atoms with Gasteiger partial charge in [0.15, 0.2) is 5.88 Å². The van der Waals surface area contributed by atoms with Crippen LogP contribution in [0.4, 0.5) is 0 Å². The van der Waals surface area contributed by atoms with Gasteiger partial charge in [-0.3, -0.25) is 0 Å². The molecule has 110 valence electrons. The number of hydrogen-bond donors (Lipinski definition) is 3. The highest BCUT2D eigenvalue weighted by molar-refractivity contribution is 5.68. The summed E-state index contributed by atoms with van der Waals surface area (Å²) < 4.78 is 0. The molecular weight excluding hydrogens is 262 g/mol. The van der Waals surface area contributed by atoms with Crippen molar-refractivity contribution in [1.82, 2.24) is 5.32 Å². The molecule has 4 rings (SSSR count). The van der Waals surface area contributed by atoms with Crippen molar-refractivity contribution in [2.24, 2.45) is 5.92 Å². The van der Waals surface area contributed by atoms with Gasteiger partial charge in [0, 0.05) is 12.1 Å². The Labute approximate surface area is 125 Å². The summed E-state index contributed by atoms with van der Waals surface area (Å²) in [5.41, 5.74) is 6.80. The molecule has 3 heteroatoms. The van der Waals surface area contributed by atoms with E-state index in [1.807, 2.05) is 0 Å². The van der Waals surface area contributed by atoms with Crippen molar-refractivity contribution in [1.29, 1.82) is 0 Å². The van der Waals surface area contributed by atoms with Crippen LogP contribution in [-0.2, 0) is 0 Å². The molecule has 21 heavy (non-hydrogen) atoms. The van der Waals surface area contributed by atoms with Gasteiger partial charge < -0.3 is 15.5 Å². The fraction of sp³-hybridized carbons (Fsp3) is 0.444. The van der Waals surface area contributed by atoms with Gasteiger partial charge in [0.25, 0.3) is 0 Å². The van der Waals surface area contributed by atoms with E-state index in [0.29, 0.717) is 12.5 Å². The minimum atomic E-state index is -0.465. The SMILES string of the molecule is CC1CC2=C(C3=C(O)NCC4=C3C(=CC2)C=CC4)C(O)C1. The average molecular weight is 283 g/mol. The first-order valence-corrected chi connectivity index (χ1v) is 7.82. The minimum absolute atomic E-state index is 0.234. The predicted octanol–water partition coefficient (Wildman–Crippen LogP) is 3.03. The monoisotopic (exact) mass is 283 g/mol. The topological polar surface area (TPSA) is 52.5 Å². The molecule has 0 radical (unpaired) electrons. The predicted molar refractivity (Wildman–Crippen MR) is 82.6 cm³/mol. The molecule has 0 saturated heterocycles. The molecule has 1 aliphatic heterocycles. The van der Waals surface area contributed by atoms with Gasteiger partial charge in [0.05, 0.1) is 6.10 Å². The summed E-state index contributed by atoms with van der Waals surface area (Å²) in [4.78, 5) is 0. The van der Waals surface area contributed by atoms with Gasteiger partial charge in [0.2, 0.25) is 0 Å². The second kappa shape index (κ2) is 4.63. The van der Waals surface area contributed by atoms with Crippen LogP contribution in [0.5, 0.6) is 0 Å². The molecule has 0 bridgehead atoms. The first kappa shape index (κ1) is 13.0. The van der Waals surface area contributed by atoms with Crippen molar-refractivity contribution < 1.29 is 10.2 Å². The third kappa shape index (κ3) is 1.91. The Bertz CT molecular complexity index is 661. The van der Waals surface area contributed by atoms with Crippen molar-refractivity contribution in [2.45, 2.75) is 38.7 Å². The molecule has 0 aromatic heterocycles. The fourth-order valence-corrected chi connectivity index (χ4v) is 4.15. The maximum absolute atomic E-state index is 10.6. The molecule has 3 aliphatic carbocycles. The first-order chi connectivity index (χ1) is 10.1. The van der Waals surface area contributed by atoms with Gasteiger partial charge in [0.1, 0.15) is 0 Å². The number of aliphatic hydroxyl groups excluding tert-OH is 2. The lowest BCUT2D eigenvalue weighted by atomic mass is 9.76. The normalized spacial score (nSPS) is 31.4. The van der Waals surface area contributed by atoms with Gasteiger partial charge in [-0.25, -0.2) is 0 Å². The molecular formula is C18H21NO2. The Kier molecular flexibility index (Phi) is 2.86. The largest absolute Gasteiger partial charge is 0.494 e. The van der Waals surface area contributed by atoms with E-state index in [2.05, 4.69) is 30.5 Å². The zero-order chi connectivity index (χ0) is 14.6. The highest BCUT2D eigenvalue weighted by atomic mass is 16.3. The van der Waals surface area contributed by atoms with E-state index in [9.17, 15) is 10.2 Å². The van der Waals surface area contributed by atoms with Crippen molar-refractivity contribution in [3.8, 4) is 0 Å². The maximum Gasteiger partial charge on any atom is 0.192 e. The summed E-state index contributed by atoms with van der Waals surface area (Å²) in [7, 11) is 0. The average Bonchev–Trinajstić information content (AvgIpc) is 2.62. The van der Waals surface area contributed by atoms with Crippen LogP contribution in [0, 0.1) is 5.92 Å². The lowest BCUT2D eigenvalue weighted by Crippen LogP contribution is -2.31. The minimum Gasteiger partial charge on any atom is -0.494 e. The summed E-state index contributed by atoms with van der Waals surface area (Å²) in [6, 6.07) is 0. The molecule has 0 aromatic rings. The molecule has 0 aromatic carbocycles. The van der Waals surface area contributed by atoms with E-state index < -0.39 is 6.10 Å². The summed E-state index contributed by atoms with van der Waals surface area (Å²) >= 11 is 0. The van der Waals surface area contributed by atoms with E-state index in [1.54, 1.807) is 0 Å². The standard InChI is InChI=1S/C18H21NO2/c1-10-7-12-6-5-11-3-2-4-13-9-19-18(21)17(15(11)13)16(12)14(20)8-10/h2-3,5,10,14,19-21H,4,6-9H2,1H3. The number of nitrogens with one attached hydrogen (secondary N) is 1. The molecule has 4 aliphatic rings. The Balaban J connectivity index is 1.95. The van der Waals surface area contributed by atoms with Crippen molar-refractivity contribution >= 4 is 0 Å². The molecule has 0 saturated carbocycles. The molecule has 2 atom stereocenters. The van der Waals surface area contributed by atoms with Crippen LogP contribution in [0.15, 0.2) is 57.5 Å². The van der Waals surface area contributed by atoms with E-state index in [0.717, 1.165) is 42.4 Å². The molecule has 3 nitrogen and oxygen atoms in total. The van der Waals surface area contributed by atoms with E-state index >= 15 is 0 Å². The van der Waals surface area contributed by atoms with Crippen LogP contribution >= 0.6 is 0 Å². The summed E-state index contributed by atoms with van der Waals surface area (Å²) in [5.74, 6) is 0.735. The van der Waals surface area contributed by atoms with E-state index in [4.69, 9.17) is 0 Å². The van der Waals surface area contributed by atoms with Crippen LogP contribution in [0.3, 0.4) is 0 Å². The summed E-state index contributed by atoms with van der Waals surface area (Å²) in [6.45, 7) is 2.89. The first-order valence-electron chi connectivity index (χ1n) is 7.82. The van der Waals surface area contributed by atoms with Crippen LogP contribution in [0.1, 0.15) is 32.6 Å². The lowest BCUT2D eigenvalue weighted by molar-refractivity contribution is 0.168. The summed E-state index contributed by atoms with van der Waals surface area (Å²) in [5, 5.41) is 24.2. The zero-order valence-corrected chi connectivity index (χ0v) is 12.3. The number of aliphatic hydroxyl groups is 2. The second-order valence-electron chi connectivity index (χ2n) is 6.60. The third-order valence-corrected chi connectivity index (χ3v) is 5.03. The molecule has 3 N–H and O–H groups in total. The van der Waals surface area contributed by atoms with Gasteiger partial charge in [-0.2, -0.15) is 0 Å². The summed E-state index contributed by atoms with van der Waals surface area (Å²) in [6.07, 6.45) is 9.74. The number of dihydropyridines is 1. The van der Waals surface area contributed by atoms with Crippen molar-refractivity contribution in [3.05, 3.63) is 57.5 Å². The second-order valence-corrected chi connectivity index (χ2v) is 6.60. The van der Waals surface area contributed by atoms with Crippen LogP contribution in [-0.4, -0.2) is 22.9 Å². The number of allylic oxidation sites excluding steroid dienone is 6. The maximum atomic E-state index is 10.6. The highest BCUT2D eigenvalue weighted by Gasteiger charge is 2.36. The van der Waals surface area contributed by atoms with Gasteiger partial charge in [-0.05, 0) is 53.9 Å². The van der Waals surface area contributed by atoms with Crippen LogP contribution in [0.2, 0.25) is 0 Å². The quantitative estimate of drug-likeness (QED) is 0.640. The Morgan fingerprint density at radius 1 is 1.19 bits per heavy atom. The fourth-order valence-electron chi connectivity index (χ4n) is 4.15. The van der Waals surface area contributed by atoms with Crippen LogP contribution in [0.25, 0.3) is 0 Å². The van der Waals surface area contributed by atoms with Gasteiger partial charge in [-0.15, -0.1) is 0 Å². The Hall–Kier alpha value is -1.74. The molecule has 0 fully saturated rings. The van der Waals surface area contributed by atoms with E-state index in [1.165, 1.54) is 16.7 Å². The molecule has 0 amide bonds. The molecule has 0 spiro atoms. The Morgan fingerprint density at radius 2 is 2.05 bits per heavy atom. The molecule has 2 unspecified atom stereocenters. The number of fused-ring (bicyclic) bond motifs is 1. The zero-order valence-electron chi connectivity index (χ0n) is 12.3. The van der Waals surface area contributed by atoms with Crippen molar-refractivity contribution in [3.63, 3.8) is 0 Å². The lowest BCUT2D eigenvalue weighted by Gasteiger charge is -2.33. The van der Waals surface area contributed by atoms with Gasteiger partial charge >= 0.3 is 0 Å². The van der Waals surface area contributed by atoms with E-state index in [-0.39, 0.29) is 5.88 Å².